The number of likely N-dealkylation sites (tertiary alicyclic amines) is 1. The third-order valence-electron chi connectivity index (χ3n) is 5.33. The highest BCUT2D eigenvalue weighted by Crippen LogP contribution is 2.24. The van der Waals surface area contributed by atoms with Crippen LogP contribution >= 0.6 is 0 Å². The number of nitrogens with one attached hydrogen (secondary N) is 2. The van der Waals surface area contributed by atoms with Crippen molar-refractivity contribution in [3.63, 3.8) is 0 Å². The van der Waals surface area contributed by atoms with Crippen molar-refractivity contribution in [3.8, 4) is 11.3 Å². The molecular weight excluding hydrogens is 406 g/mol. The first-order valence-corrected chi connectivity index (χ1v) is 10.2. The highest BCUT2D eigenvalue weighted by molar-refractivity contribution is 5.91. The summed E-state index contributed by atoms with van der Waals surface area (Å²) in [6.07, 6.45) is 6.21. The number of aromatic nitrogens is 3. The SMILES string of the molecule is Cc1ncc(-c2cnc3cnc(NC(=O)N4CCC(NC(CF)CF)CC4)cc3c2)o1. The number of nitrogens with zero attached hydrogens (tertiary/aromatic N) is 4. The largest absolute Gasteiger partial charge is 0.441 e. The zero-order valence-corrected chi connectivity index (χ0v) is 17.1. The molecule has 2 amide bonds. The maximum Gasteiger partial charge on any atom is 0.323 e. The zero-order valence-electron chi connectivity index (χ0n) is 17.1. The molecule has 1 fully saturated rings. The number of oxazole rings is 1. The third kappa shape index (κ3) is 4.96. The second-order valence-electron chi connectivity index (χ2n) is 7.59. The summed E-state index contributed by atoms with van der Waals surface area (Å²) in [4.78, 5) is 27.1. The fourth-order valence-corrected chi connectivity index (χ4v) is 3.63. The lowest BCUT2D eigenvalue weighted by Gasteiger charge is -2.33. The number of amides is 2. The van der Waals surface area contributed by atoms with Gasteiger partial charge in [0.2, 0.25) is 0 Å². The van der Waals surface area contributed by atoms with Crippen LogP contribution < -0.4 is 10.6 Å². The molecule has 3 aromatic heterocycles. The van der Waals surface area contributed by atoms with E-state index in [1.807, 2.05) is 6.07 Å². The summed E-state index contributed by atoms with van der Waals surface area (Å²) in [7, 11) is 0. The summed E-state index contributed by atoms with van der Waals surface area (Å²) in [5, 5.41) is 6.59. The number of urea groups is 1. The molecular formula is C21H24F2N6O2. The molecule has 0 radical (unpaired) electrons. The van der Waals surface area contributed by atoms with E-state index in [1.54, 1.807) is 36.5 Å². The normalized spacial score (nSPS) is 15.0. The van der Waals surface area contributed by atoms with Gasteiger partial charge in [-0.2, -0.15) is 0 Å². The predicted octanol–water partition coefficient (Wildman–Crippen LogP) is 3.49. The van der Waals surface area contributed by atoms with Gasteiger partial charge >= 0.3 is 6.03 Å². The topological polar surface area (TPSA) is 96.2 Å². The van der Waals surface area contributed by atoms with E-state index in [1.165, 1.54) is 0 Å². The van der Waals surface area contributed by atoms with Crippen molar-refractivity contribution >= 4 is 22.8 Å². The summed E-state index contributed by atoms with van der Waals surface area (Å²) in [5.74, 6) is 1.61. The van der Waals surface area contributed by atoms with Gasteiger partial charge in [0.15, 0.2) is 11.7 Å². The van der Waals surface area contributed by atoms with Crippen LogP contribution in [-0.4, -0.2) is 64.4 Å². The van der Waals surface area contributed by atoms with Crippen LogP contribution in [-0.2, 0) is 0 Å². The van der Waals surface area contributed by atoms with Gasteiger partial charge in [0.05, 0.1) is 24.0 Å². The second kappa shape index (κ2) is 9.34. The molecule has 1 saturated heterocycles. The van der Waals surface area contributed by atoms with Gasteiger partial charge < -0.3 is 14.6 Å². The molecule has 2 N–H and O–H groups in total. The van der Waals surface area contributed by atoms with Crippen LogP contribution in [0.25, 0.3) is 22.2 Å². The van der Waals surface area contributed by atoms with Gasteiger partial charge in [-0.15, -0.1) is 0 Å². The Balaban J connectivity index is 1.39. The standard InChI is InChI=1S/C21H24F2N6O2/c1-13-24-12-19(31-13)15-6-14-7-20(26-11-18(14)25-10-15)28-21(30)29-4-2-16(3-5-29)27-17(8-22)9-23/h6-7,10-12,16-17,27H,2-5,8-9H2,1H3,(H,26,28,30). The minimum Gasteiger partial charge on any atom is -0.441 e. The molecule has 10 heteroatoms. The number of hydrogen-bond donors (Lipinski definition) is 2. The van der Waals surface area contributed by atoms with Gasteiger partial charge in [0, 0.05) is 43.2 Å². The fraction of sp³-hybridized carbons (Fsp3) is 0.429. The summed E-state index contributed by atoms with van der Waals surface area (Å²) < 4.78 is 30.9. The van der Waals surface area contributed by atoms with E-state index < -0.39 is 19.4 Å². The minimum absolute atomic E-state index is 0.00330. The van der Waals surface area contributed by atoms with Crippen molar-refractivity contribution in [1.82, 2.24) is 25.2 Å². The summed E-state index contributed by atoms with van der Waals surface area (Å²) in [5.41, 5.74) is 1.48. The molecule has 1 aliphatic heterocycles. The highest BCUT2D eigenvalue weighted by Gasteiger charge is 2.24. The number of aryl methyl sites for hydroxylation is 1. The van der Waals surface area contributed by atoms with Crippen molar-refractivity contribution in [2.24, 2.45) is 0 Å². The molecule has 0 saturated carbocycles. The Labute approximate surface area is 178 Å². The highest BCUT2D eigenvalue weighted by atomic mass is 19.1. The molecule has 4 heterocycles. The predicted molar refractivity (Wildman–Crippen MR) is 112 cm³/mol. The average Bonchev–Trinajstić information content (AvgIpc) is 3.23. The summed E-state index contributed by atoms with van der Waals surface area (Å²) >= 11 is 0. The summed E-state index contributed by atoms with van der Waals surface area (Å²) in [6.45, 7) is 1.29. The van der Waals surface area contributed by atoms with Crippen LogP contribution in [0.3, 0.4) is 0 Å². The Morgan fingerprint density at radius 1 is 1.16 bits per heavy atom. The van der Waals surface area contributed by atoms with Crippen LogP contribution in [0.2, 0.25) is 0 Å². The van der Waals surface area contributed by atoms with Gasteiger partial charge in [0.25, 0.3) is 0 Å². The van der Waals surface area contributed by atoms with Crippen LogP contribution in [0.5, 0.6) is 0 Å². The lowest BCUT2D eigenvalue weighted by Crippen LogP contribution is -2.49. The maximum absolute atomic E-state index is 12.7. The molecule has 3 aromatic rings. The van der Waals surface area contributed by atoms with Gasteiger partial charge in [-0.05, 0) is 25.0 Å². The zero-order chi connectivity index (χ0) is 21.8. The molecule has 31 heavy (non-hydrogen) atoms. The monoisotopic (exact) mass is 430 g/mol. The number of anilines is 1. The van der Waals surface area contributed by atoms with Crippen LogP contribution in [0.1, 0.15) is 18.7 Å². The number of fused-ring (bicyclic) bond motifs is 1. The number of rotatable bonds is 6. The molecule has 8 nitrogen and oxygen atoms in total. The van der Waals surface area contributed by atoms with E-state index in [9.17, 15) is 13.6 Å². The molecule has 0 aliphatic carbocycles. The number of carbonyl (C=O) groups is 1. The number of carbonyl (C=O) groups excluding carboxylic acids is 1. The molecule has 0 unspecified atom stereocenters. The third-order valence-corrected chi connectivity index (χ3v) is 5.33. The van der Waals surface area contributed by atoms with E-state index in [0.717, 1.165) is 10.9 Å². The summed E-state index contributed by atoms with van der Waals surface area (Å²) in [6, 6.07) is 2.64. The van der Waals surface area contributed by atoms with Gasteiger partial charge in [-0.25, -0.2) is 23.5 Å². The van der Waals surface area contributed by atoms with Crippen molar-refractivity contribution in [2.75, 3.05) is 31.8 Å². The minimum atomic E-state index is -0.772. The molecule has 0 bridgehead atoms. The van der Waals surface area contributed by atoms with Gasteiger partial charge in [-0.3, -0.25) is 10.3 Å². The van der Waals surface area contributed by atoms with E-state index in [2.05, 4.69) is 25.6 Å². The molecule has 164 valence electrons. The van der Waals surface area contributed by atoms with E-state index >= 15 is 0 Å². The lowest BCUT2D eigenvalue weighted by atomic mass is 10.0. The van der Waals surface area contributed by atoms with E-state index in [-0.39, 0.29) is 12.1 Å². The number of piperidine rings is 1. The molecule has 0 aromatic carbocycles. The average molecular weight is 430 g/mol. The van der Waals surface area contributed by atoms with E-state index in [0.29, 0.717) is 48.9 Å². The Morgan fingerprint density at radius 3 is 2.61 bits per heavy atom. The lowest BCUT2D eigenvalue weighted by molar-refractivity contribution is 0.179. The van der Waals surface area contributed by atoms with Gasteiger partial charge in [-0.1, -0.05) is 0 Å². The van der Waals surface area contributed by atoms with Crippen molar-refractivity contribution in [1.29, 1.82) is 0 Å². The molecule has 4 rings (SSSR count). The first-order valence-electron chi connectivity index (χ1n) is 10.2. The molecule has 1 aliphatic rings. The van der Waals surface area contributed by atoms with Crippen molar-refractivity contribution < 1.29 is 18.0 Å². The quantitative estimate of drug-likeness (QED) is 0.622. The van der Waals surface area contributed by atoms with Crippen molar-refractivity contribution in [2.45, 2.75) is 31.8 Å². The number of hydrogen-bond acceptors (Lipinski definition) is 6. The Kier molecular flexibility index (Phi) is 6.36. The first kappa shape index (κ1) is 21.1. The Morgan fingerprint density at radius 2 is 1.94 bits per heavy atom. The van der Waals surface area contributed by atoms with Crippen molar-refractivity contribution in [3.05, 3.63) is 36.6 Å². The van der Waals surface area contributed by atoms with Crippen LogP contribution in [0.4, 0.5) is 19.4 Å². The first-order chi connectivity index (χ1) is 15.1. The molecule has 0 spiro atoms. The van der Waals surface area contributed by atoms with Crippen LogP contribution in [0, 0.1) is 6.92 Å². The van der Waals surface area contributed by atoms with Gasteiger partial charge in [0.1, 0.15) is 19.2 Å². The molecule has 0 atom stereocenters. The second-order valence-corrected chi connectivity index (χ2v) is 7.59. The number of alkyl halides is 2. The fourth-order valence-electron chi connectivity index (χ4n) is 3.63. The number of halogens is 2. The van der Waals surface area contributed by atoms with Crippen LogP contribution in [0.15, 0.2) is 35.1 Å². The smallest absolute Gasteiger partial charge is 0.323 e. The Bertz CT molecular complexity index is 1050. The Hall–Kier alpha value is -3.14. The number of pyridine rings is 2. The maximum atomic E-state index is 12.7. The van der Waals surface area contributed by atoms with E-state index in [4.69, 9.17) is 4.42 Å².